The molecule has 1 atom stereocenters. The third-order valence-corrected chi connectivity index (χ3v) is 5.85. The lowest BCUT2D eigenvalue weighted by molar-refractivity contribution is 0.0937. The van der Waals surface area contributed by atoms with Crippen molar-refractivity contribution in [2.75, 3.05) is 6.26 Å². The van der Waals surface area contributed by atoms with Gasteiger partial charge in [0.25, 0.3) is 5.91 Å². The summed E-state index contributed by atoms with van der Waals surface area (Å²) in [6, 6.07) is 26.0. The van der Waals surface area contributed by atoms with Gasteiger partial charge in [-0.05, 0) is 42.3 Å². The smallest absolute Gasteiger partial charge is 0.251 e. The van der Waals surface area contributed by atoms with Crippen LogP contribution < -0.4 is 5.32 Å². The monoisotopic (exact) mass is 393 g/mol. The van der Waals surface area contributed by atoms with Crippen molar-refractivity contribution in [2.24, 2.45) is 0 Å². The van der Waals surface area contributed by atoms with E-state index in [1.165, 1.54) is 12.1 Å². The highest BCUT2D eigenvalue weighted by Crippen LogP contribution is 2.28. The van der Waals surface area contributed by atoms with Gasteiger partial charge in [-0.1, -0.05) is 60.7 Å². The van der Waals surface area contributed by atoms with Crippen LogP contribution in [-0.4, -0.2) is 26.6 Å². The maximum Gasteiger partial charge on any atom is 0.251 e. The van der Waals surface area contributed by atoms with Crippen LogP contribution in [0, 0.1) is 0 Å². The highest BCUT2D eigenvalue weighted by Gasteiger charge is 2.23. The summed E-state index contributed by atoms with van der Waals surface area (Å²) in [6.45, 7) is 1.98. The maximum absolute atomic E-state index is 12.7. The number of carbonyl (C=O) groups is 1. The van der Waals surface area contributed by atoms with Crippen molar-refractivity contribution < 1.29 is 13.2 Å². The van der Waals surface area contributed by atoms with Crippen LogP contribution in [0.25, 0.3) is 0 Å². The van der Waals surface area contributed by atoms with E-state index in [4.69, 9.17) is 0 Å². The van der Waals surface area contributed by atoms with Crippen molar-refractivity contribution in [3.8, 4) is 0 Å². The fourth-order valence-corrected chi connectivity index (χ4v) is 3.95. The Morgan fingerprint density at radius 3 is 1.68 bits per heavy atom. The Hall–Kier alpha value is -2.92. The van der Waals surface area contributed by atoms with Gasteiger partial charge in [-0.2, -0.15) is 0 Å². The van der Waals surface area contributed by atoms with Crippen molar-refractivity contribution in [1.29, 1.82) is 0 Å². The Kier molecular flexibility index (Phi) is 5.95. The summed E-state index contributed by atoms with van der Waals surface area (Å²) >= 11 is 0. The van der Waals surface area contributed by atoms with Gasteiger partial charge < -0.3 is 5.32 Å². The fourth-order valence-electron chi connectivity index (χ4n) is 3.32. The molecule has 3 aromatic carbocycles. The Morgan fingerprint density at radius 1 is 0.786 bits per heavy atom. The SMILES string of the molecule is CC(NC(=O)c1ccc(S(C)(=O)=O)cc1)C(c1ccccc1)c1ccccc1. The van der Waals surface area contributed by atoms with E-state index in [1.54, 1.807) is 12.1 Å². The molecule has 0 saturated heterocycles. The molecule has 0 saturated carbocycles. The summed E-state index contributed by atoms with van der Waals surface area (Å²) in [5, 5.41) is 3.06. The molecular weight excluding hydrogens is 370 g/mol. The molecule has 144 valence electrons. The van der Waals surface area contributed by atoms with Gasteiger partial charge in [-0.3, -0.25) is 4.79 Å². The van der Waals surface area contributed by atoms with Gasteiger partial charge in [0.1, 0.15) is 0 Å². The summed E-state index contributed by atoms with van der Waals surface area (Å²) < 4.78 is 23.2. The van der Waals surface area contributed by atoms with E-state index in [9.17, 15) is 13.2 Å². The summed E-state index contributed by atoms with van der Waals surface area (Å²) in [5.74, 6) is -0.231. The molecule has 28 heavy (non-hydrogen) atoms. The Balaban J connectivity index is 1.84. The second-order valence-electron chi connectivity index (χ2n) is 6.86. The van der Waals surface area contributed by atoms with Crippen LogP contribution in [0.4, 0.5) is 0 Å². The van der Waals surface area contributed by atoms with Crippen LogP contribution in [0.15, 0.2) is 89.8 Å². The highest BCUT2D eigenvalue weighted by atomic mass is 32.2. The number of hydrogen-bond acceptors (Lipinski definition) is 3. The summed E-state index contributed by atoms with van der Waals surface area (Å²) in [4.78, 5) is 12.9. The van der Waals surface area contributed by atoms with Crippen LogP contribution in [0.2, 0.25) is 0 Å². The largest absolute Gasteiger partial charge is 0.349 e. The van der Waals surface area contributed by atoms with E-state index in [-0.39, 0.29) is 22.8 Å². The minimum atomic E-state index is -3.29. The van der Waals surface area contributed by atoms with Crippen LogP contribution in [0.5, 0.6) is 0 Å². The standard InChI is InChI=1S/C23H23NO3S/c1-17(24-23(25)20-13-15-21(16-14-20)28(2,26)27)22(18-9-5-3-6-10-18)19-11-7-4-8-12-19/h3-17,22H,1-2H3,(H,24,25). The third kappa shape index (κ3) is 4.67. The Morgan fingerprint density at radius 2 is 1.25 bits per heavy atom. The topological polar surface area (TPSA) is 63.2 Å². The molecule has 0 spiro atoms. The Labute approximate surface area is 166 Å². The average Bonchev–Trinajstić information content (AvgIpc) is 2.69. The third-order valence-electron chi connectivity index (χ3n) is 4.72. The van der Waals surface area contributed by atoms with E-state index in [1.807, 2.05) is 43.3 Å². The van der Waals surface area contributed by atoms with Crippen molar-refractivity contribution in [1.82, 2.24) is 5.32 Å². The molecule has 0 aliphatic carbocycles. The fraction of sp³-hybridized carbons (Fsp3) is 0.174. The van der Waals surface area contributed by atoms with Gasteiger partial charge in [0.2, 0.25) is 0 Å². The van der Waals surface area contributed by atoms with E-state index in [0.717, 1.165) is 17.4 Å². The molecule has 1 amide bonds. The number of rotatable bonds is 6. The van der Waals surface area contributed by atoms with Crippen molar-refractivity contribution >= 4 is 15.7 Å². The quantitative estimate of drug-likeness (QED) is 0.687. The van der Waals surface area contributed by atoms with Crippen molar-refractivity contribution in [3.05, 3.63) is 102 Å². The number of amides is 1. The van der Waals surface area contributed by atoms with Crippen LogP contribution in [-0.2, 0) is 9.84 Å². The number of benzene rings is 3. The zero-order chi connectivity index (χ0) is 20.1. The number of nitrogens with one attached hydrogen (secondary N) is 1. The molecule has 0 aromatic heterocycles. The zero-order valence-electron chi connectivity index (χ0n) is 15.9. The van der Waals surface area contributed by atoms with Gasteiger partial charge in [0.05, 0.1) is 4.90 Å². The molecule has 0 heterocycles. The van der Waals surface area contributed by atoms with Gasteiger partial charge in [-0.15, -0.1) is 0 Å². The molecule has 5 heteroatoms. The maximum atomic E-state index is 12.7. The molecule has 0 fully saturated rings. The molecule has 0 radical (unpaired) electrons. The molecule has 0 aliphatic rings. The first-order valence-corrected chi connectivity index (χ1v) is 11.0. The summed E-state index contributed by atoms with van der Waals surface area (Å²) in [6.07, 6.45) is 1.15. The van der Waals surface area contributed by atoms with E-state index >= 15 is 0 Å². The van der Waals surface area contributed by atoms with Gasteiger partial charge >= 0.3 is 0 Å². The molecule has 3 rings (SSSR count). The molecule has 1 N–H and O–H groups in total. The highest BCUT2D eigenvalue weighted by molar-refractivity contribution is 7.90. The summed E-state index contributed by atoms with van der Waals surface area (Å²) in [7, 11) is -3.29. The average molecular weight is 394 g/mol. The normalized spacial score (nSPS) is 12.5. The minimum Gasteiger partial charge on any atom is -0.349 e. The lowest BCUT2D eigenvalue weighted by Gasteiger charge is -2.26. The first kappa shape index (κ1) is 19.8. The number of carbonyl (C=O) groups excluding carboxylic acids is 1. The molecule has 1 unspecified atom stereocenters. The predicted octanol–water partition coefficient (Wildman–Crippen LogP) is 4.04. The second-order valence-corrected chi connectivity index (χ2v) is 8.87. The first-order chi connectivity index (χ1) is 13.4. The molecule has 0 aliphatic heterocycles. The van der Waals surface area contributed by atoms with E-state index in [0.29, 0.717) is 5.56 Å². The van der Waals surface area contributed by atoms with Crippen molar-refractivity contribution in [3.63, 3.8) is 0 Å². The van der Waals surface area contributed by atoms with Gasteiger partial charge in [0.15, 0.2) is 9.84 Å². The van der Waals surface area contributed by atoms with Crippen molar-refractivity contribution in [2.45, 2.75) is 23.8 Å². The number of sulfone groups is 1. The molecule has 4 nitrogen and oxygen atoms in total. The van der Waals surface area contributed by atoms with Gasteiger partial charge in [-0.25, -0.2) is 8.42 Å². The van der Waals surface area contributed by atoms with Gasteiger partial charge in [0, 0.05) is 23.8 Å². The second kappa shape index (κ2) is 8.40. The Bertz CT molecular complexity index is 991. The van der Waals surface area contributed by atoms with E-state index < -0.39 is 9.84 Å². The van der Waals surface area contributed by atoms with E-state index in [2.05, 4.69) is 29.6 Å². The van der Waals surface area contributed by atoms with Crippen LogP contribution in [0.3, 0.4) is 0 Å². The predicted molar refractivity (Wildman–Crippen MR) is 111 cm³/mol. The summed E-state index contributed by atoms with van der Waals surface area (Å²) in [5.41, 5.74) is 2.67. The number of hydrogen-bond donors (Lipinski definition) is 1. The molecule has 3 aromatic rings. The first-order valence-electron chi connectivity index (χ1n) is 9.07. The lowest BCUT2D eigenvalue weighted by atomic mass is 9.85. The zero-order valence-corrected chi connectivity index (χ0v) is 16.7. The minimum absolute atomic E-state index is 0.00152. The molecular formula is C23H23NO3S. The van der Waals surface area contributed by atoms with Crippen LogP contribution in [0.1, 0.15) is 34.3 Å². The molecule has 0 bridgehead atoms. The lowest BCUT2D eigenvalue weighted by Crippen LogP contribution is -2.37. The van der Waals surface area contributed by atoms with Crippen LogP contribution >= 0.6 is 0 Å².